The Bertz CT molecular complexity index is 135. The zero-order valence-corrected chi connectivity index (χ0v) is 6.80. The minimum absolute atomic E-state index is 0.749. The summed E-state index contributed by atoms with van der Waals surface area (Å²) in [4.78, 5) is 2.47. The van der Waals surface area contributed by atoms with Crippen LogP contribution in [0.3, 0.4) is 0 Å². The van der Waals surface area contributed by atoms with Gasteiger partial charge in [-0.2, -0.15) is 0 Å². The molecule has 2 bridgehead atoms. The Labute approximate surface area is 62.6 Å². The fourth-order valence-corrected chi connectivity index (χ4v) is 2.20. The predicted molar refractivity (Wildman–Crippen MR) is 42.0 cm³/mol. The van der Waals surface area contributed by atoms with E-state index in [1.165, 1.54) is 19.4 Å². The van der Waals surface area contributed by atoms with Crippen LogP contribution in [0.25, 0.3) is 0 Å². The second-order valence-electron chi connectivity index (χ2n) is 3.73. The Morgan fingerprint density at radius 1 is 1.40 bits per heavy atom. The Morgan fingerprint density at radius 2 is 2.20 bits per heavy atom. The van der Waals surface area contributed by atoms with E-state index >= 15 is 0 Å². The molecule has 10 heavy (non-hydrogen) atoms. The van der Waals surface area contributed by atoms with Crippen LogP contribution >= 0.6 is 0 Å². The van der Waals surface area contributed by atoms with Crippen LogP contribution in [0.1, 0.15) is 19.8 Å². The minimum atomic E-state index is 0.749. The lowest BCUT2D eigenvalue weighted by Crippen LogP contribution is -2.54. The fraction of sp³-hybridized carbons (Fsp3) is 1.00. The van der Waals surface area contributed by atoms with Crippen LogP contribution in [-0.2, 0) is 0 Å². The second-order valence-corrected chi connectivity index (χ2v) is 3.73. The fourth-order valence-electron chi connectivity index (χ4n) is 2.20. The molecule has 0 spiro atoms. The van der Waals surface area contributed by atoms with E-state index < -0.39 is 0 Å². The van der Waals surface area contributed by atoms with E-state index in [9.17, 15) is 0 Å². The molecular formula is C8H16N2. The molecule has 0 aromatic heterocycles. The lowest BCUT2D eigenvalue weighted by atomic mass is 10.1. The van der Waals surface area contributed by atoms with Crippen LogP contribution in [0.4, 0.5) is 0 Å². The number of hydrogen-bond donors (Lipinski definition) is 1. The summed E-state index contributed by atoms with van der Waals surface area (Å²) >= 11 is 0. The van der Waals surface area contributed by atoms with Gasteiger partial charge in [-0.1, -0.05) is 0 Å². The lowest BCUT2D eigenvalue weighted by molar-refractivity contribution is 0.165. The maximum Gasteiger partial charge on any atom is 0.0224 e. The normalized spacial score (nSPS) is 48.0. The number of likely N-dealkylation sites (N-methyl/N-ethyl adjacent to an activating group) is 1. The Kier molecular flexibility index (Phi) is 1.46. The molecule has 2 saturated heterocycles. The van der Waals surface area contributed by atoms with Gasteiger partial charge in [-0.3, -0.25) is 0 Å². The first-order valence-electron chi connectivity index (χ1n) is 4.23. The third-order valence-electron chi connectivity index (χ3n) is 3.06. The minimum Gasteiger partial charge on any atom is -0.308 e. The molecule has 0 aliphatic carbocycles. The summed E-state index contributed by atoms with van der Waals surface area (Å²) in [5.74, 6) is 0. The molecular weight excluding hydrogens is 124 g/mol. The molecule has 2 aliphatic rings. The van der Waals surface area contributed by atoms with Crippen molar-refractivity contribution in [1.29, 1.82) is 0 Å². The Morgan fingerprint density at radius 3 is 3.00 bits per heavy atom. The van der Waals surface area contributed by atoms with Gasteiger partial charge in [-0.25, -0.2) is 0 Å². The van der Waals surface area contributed by atoms with Gasteiger partial charge in [0.25, 0.3) is 0 Å². The Balaban J connectivity index is 2.09. The molecule has 1 unspecified atom stereocenters. The van der Waals surface area contributed by atoms with E-state index in [1.807, 2.05) is 0 Å². The Hall–Kier alpha value is -0.0800. The molecule has 0 aromatic carbocycles. The zero-order chi connectivity index (χ0) is 7.14. The highest BCUT2D eigenvalue weighted by Crippen LogP contribution is 2.23. The van der Waals surface area contributed by atoms with E-state index in [1.54, 1.807) is 0 Å². The van der Waals surface area contributed by atoms with E-state index in [0.717, 1.165) is 18.1 Å². The third kappa shape index (κ3) is 0.867. The number of nitrogens with one attached hydrogen (secondary N) is 1. The van der Waals surface area contributed by atoms with Crippen molar-refractivity contribution in [2.45, 2.75) is 37.9 Å². The van der Waals surface area contributed by atoms with E-state index in [-0.39, 0.29) is 0 Å². The summed E-state index contributed by atoms with van der Waals surface area (Å²) in [7, 11) is 2.23. The zero-order valence-electron chi connectivity index (χ0n) is 6.80. The average molecular weight is 140 g/mol. The molecule has 58 valence electrons. The first-order valence-corrected chi connectivity index (χ1v) is 4.23. The smallest absolute Gasteiger partial charge is 0.0224 e. The van der Waals surface area contributed by atoms with Crippen LogP contribution in [0, 0.1) is 0 Å². The number of nitrogens with zero attached hydrogens (tertiary/aromatic N) is 1. The summed E-state index contributed by atoms with van der Waals surface area (Å²) in [6.45, 7) is 3.57. The van der Waals surface area contributed by atoms with Gasteiger partial charge in [-0.05, 0) is 26.8 Å². The number of rotatable bonds is 0. The molecule has 0 amide bonds. The van der Waals surface area contributed by atoms with Gasteiger partial charge in [0, 0.05) is 24.7 Å². The highest BCUT2D eigenvalue weighted by atomic mass is 15.2. The van der Waals surface area contributed by atoms with Gasteiger partial charge in [-0.15, -0.1) is 0 Å². The highest BCUT2D eigenvalue weighted by molar-refractivity contribution is 4.96. The molecule has 3 atom stereocenters. The van der Waals surface area contributed by atoms with Crippen LogP contribution in [0.5, 0.6) is 0 Å². The van der Waals surface area contributed by atoms with E-state index in [4.69, 9.17) is 0 Å². The van der Waals surface area contributed by atoms with E-state index in [0.29, 0.717) is 0 Å². The molecule has 2 aliphatic heterocycles. The summed E-state index contributed by atoms with van der Waals surface area (Å²) < 4.78 is 0. The number of likely N-dealkylation sites (tertiary alicyclic amines) is 1. The summed E-state index contributed by atoms with van der Waals surface area (Å²) in [5.41, 5.74) is 0. The lowest BCUT2D eigenvalue weighted by Gasteiger charge is -2.36. The van der Waals surface area contributed by atoms with Crippen molar-refractivity contribution >= 4 is 0 Å². The van der Waals surface area contributed by atoms with Gasteiger partial charge < -0.3 is 10.2 Å². The van der Waals surface area contributed by atoms with Crippen molar-refractivity contribution in [2.75, 3.05) is 13.6 Å². The molecule has 2 nitrogen and oxygen atoms in total. The van der Waals surface area contributed by atoms with Gasteiger partial charge in [0.05, 0.1) is 0 Å². The summed E-state index contributed by atoms with van der Waals surface area (Å²) in [5, 5.41) is 3.63. The largest absolute Gasteiger partial charge is 0.308 e. The highest BCUT2D eigenvalue weighted by Gasteiger charge is 2.35. The third-order valence-corrected chi connectivity index (χ3v) is 3.06. The second kappa shape index (κ2) is 2.21. The van der Waals surface area contributed by atoms with Crippen LogP contribution in [-0.4, -0.2) is 36.6 Å². The predicted octanol–water partition coefficient (Wildman–Crippen LogP) is 0.441. The number of hydrogen-bond acceptors (Lipinski definition) is 2. The van der Waals surface area contributed by atoms with Crippen molar-refractivity contribution in [2.24, 2.45) is 0 Å². The van der Waals surface area contributed by atoms with Gasteiger partial charge in [0.2, 0.25) is 0 Å². The molecule has 2 rings (SSSR count). The molecule has 1 N–H and O–H groups in total. The van der Waals surface area contributed by atoms with Gasteiger partial charge >= 0.3 is 0 Å². The quantitative estimate of drug-likeness (QED) is 0.525. The van der Waals surface area contributed by atoms with Gasteiger partial charge in [0.1, 0.15) is 0 Å². The summed E-state index contributed by atoms with van der Waals surface area (Å²) in [6.07, 6.45) is 2.77. The van der Waals surface area contributed by atoms with Crippen LogP contribution < -0.4 is 5.32 Å². The number of fused-ring (bicyclic) bond motifs is 2. The molecule has 0 aromatic rings. The van der Waals surface area contributed by atoms with Crippen molar-refractivity contribution in [3.8, 4) is 0 Å². The first-order chi connectivity index (χ1) is 4.77. The molecule has 2 heteroatoms. The van der Waals surface area contributed by atoms with Crippen molar-refractivity contribution < 1.29 is 0 Å². The maximum atomic E-state index is 3.63. The van der Waals surface area contributed by atoms with Crippen molar-refractivity contribution in [3.63, 3.8) is 0 Å². The SMILES string of the molecule is CC1[C@@H]2CC[C@H](CN1C)N2. The van der Waals surface area contributed by atoms with Gasteiger partial charge in [0.15, 0.2) is 0 Å². The monoisotopic (exact) mass is 140 g/mol. The first kappa shape index (κ1) is 6.62. The van der Waals surface area contributed by atoms with Crippen molar-refractivity contribution in [3.05, 3.63) is 0 Å². The molecule has 2 fully saturated rings. The van der Waals surface area contributed by atoms with Crippen LogP contribution in [0.15, 0.2) is 0 Å². The average Bonchev–Trinajstić information content (AvgIpc) is 2.29. The van der Waals surface area contributed by atoms with Crippen LogP contribution in [0.2, 0.25) is 0 Å². The maximum absolute atomic E-state index is 3.63. The topological polar surface area (TPSA) is 15.3 Å². The van der Waals surface area contributed by atoms with Crippen molar-refractivity contribution in [1.82, 2.24) is 10.2 Å². The molecule has 2 heterocycles. The standard InChI is InChI=1S/C8H16N2/c1-6-8-4-3-7(9-8)5-10(6)2/h6-9H,3-5H2,1-2H3/t6?,7-,8+/m1/s1. The number of piperazine rings is 1. The molecule has 0 radical (unpaired) electrons. The van der Waals surface area contributed by atoms with E-state index in [2.05, 4.69) is 24.2 Å². The molecule has 0 saturated carbocycles. The summed E-state index contributed by atoms with van der Waals surface area (Å²) in [6, 6.07) is 2.33.